The monoisotopic (exact) mass is 1720 g/mol. The number of pyridine rings is 2. The molecule has 0 radical (unpaired) electrons. The van der Waals surface area contributed by atoms with Gasteiger partial charge in [-0.2, -0.15) is 44.6 Å². The number of hydrogen-bond acceptors (Lipinski definition) is 27. The summed E-state index contributed by atoms with van der Waals surface area (Å²) in [6, 6.07) is 2.13. The van der Waals surface area contributed by atoms with Gasteiger partial charge in [-0.15, -0.1) is 10.2 Å². The Morgan fingerprint density at radius 3 is 0.892 bits per heavy atom. The fourth-order valence-electron chi connectivity index (χ4n) is 12.7. The van der Waals surface area contributed by atoms with E-state index in [-0.39, 0.29) is 87.9 Å². The summed E-state index contributed by atoms with van der Waals surface area (Å²) in [5, 5.41) is 9.05. The second-order valence-corrected chi connectivity index (χ2v) is 37.9. The summed E-state index contributed by atoms with van der Waals surface area (Å²) in [6.45, 7) is 35.5. The lowest BCUT2D eigenvalue weighted by Crippen LogP contribution is -2.44. The summed E-state index contributed by atoms with van der Waals surface area (Å²) >= 11 is 0. The van der Waals surface area contributed by atoms with E-state index >= 15 is 0 Å². The Morgan fingerprint density at radius 2 is 0.642 bits per heavy atom. The third kappa shape index (κ3) is 28.5. The van der Waals surface area contributed by atoms with E-state index in [0.29, 0.717) is 86.1 Å². The number of alkyl halides is 6. The molecule has 6 aromatic rings. The van der Waals surface area contributed by atoms with Gasteiger partial charge >= 0.3 is 55.0 Å². The lowest BCUT2D eigenvalue weighted by molar-refractivity contribution is -0.138. The fourth-order valence-corrected chi connectivity index (χ4v) is 13.3. The van der Waals surface area contributed by atoms with Crippen LogP contribution >= 0.6 is 0 Å². The maximum Gasteiger partial charge on any atom is 0.425 e. The second kappa shape index (κ2) is 37.4. The number of amides is 7. The van der Waals surface area contributed by atoms with E-state index in [1.807, 2.05) is 20.8 Å². The summed E-state index contributed by atoms with van der Waals surface area (Å²) < 4.78 is 162. The molecule has 0 unspecified atom stereocenters. The first-order valence-corrected chi connectivity index (χ1v) is 40.8. The maximum absolute atomic E-state index is 13.6. The van der Waals surface area contributed by atoms with E-state index < -0.39 is 121 Å². The Balaban J connectivity index is 0.000000270. The van der Waals surface area contributed by atoms with Gasteiger partial charge in [-0.1, -0.05) is 0 Å². The number of halogens is 6. The molecular weight excluding hydrogens is 1610 g/mol. The van der Waals surface area contributed by atoms with E-state index in [1.54, 1.807) is 160 Å². The molecule has 0 atom stereocenters. The van der Waals surface area contributed by atoms with E-state index in [1.165, 1.54) is 9.36 Å². The molecule has 666 valence electrons. The molecule has 0 N–H and O–H groups in total. The van der Waals surface area contributed by atoms with Crippen molar-refractivity contribution in [2.24, 2.45) is 0 Å². The standard InChI is InChI=1S/2C33H44F3N7O7.C13H25NO5S/c2*1-30(2,3)48-27(44)41(10)20-11-13-21(14-12-20)43-25-23(26(40-43)47-22-17-19(15-16-37-22)33(34,35)36)24(38-18-39-25)42(28(45)49-31(4,5)6)29(46)50-32(7,8)9;1-13(2,3)18-12(15)14(4)10-6-8-11(9-7-10)19-20(5,16)17/h2*15-18,20-21H,11-14H2,1-10H3;10-11H,6-9H2,1-5H3. The molecule has 0 saturated heterocycles. The molecule has 3 aliphatic carbocycles. The topological polar surface area (TPSA) is 375 Å². The summed E-state index contributed by atoms with van der Waals surface area (Å²) in [5.41, 5.74) is -7.78. The third-order valence-corrected chi connectivity index (χ3v) is 18.4. The molecule has 3 aliphatic rings. The molecule has 0 aromatic carbocycles. The van der Waals surface area contributed by atoms with Crippen LogP contribution in [0.4, 0.5) is 71.5 Å². The molecule has 34 nitrogen and oxygen atoms in total. The quantitative estimate of drug-likeness (QED) is 0.0588. The van der Waals surface area contributed by atoms with Gasteiger partial charge in [0.05, 0.1) is 35.6 Å². The zero-order chi connectivity index (χ0) is 90.3. The molecule has 3 saturated carbocycles. The van der Waals surface area contributed by atoms with Crippen LogP contribution < -0.4 is 19.3 Å². The summed E-state index contributed by atoms with van der Waals surface area (Å²) in [7, 11) is 1.67. The number of carbonyl (C=O) groups is 7. The SMILES string of the molecule is CN(C(=O)OC(C)(C)C)C1CCC(OS(C)(=O)=O)CC1.CN(C(=O)OC(C)(C)C)C1CCC(n2nc(Oc3cc(C(F)(F)F)ccn3)c3c(N(C(=O)OC(C)(C)C)C(=O)OC(C)(C)C)ncnc32)CC1.CN(C(=O)OC(C)(C)C)C1CCC(n2nc(Oc3cc(C(F)(F)F)ccn3)c3c(N(C(=O)OC(C)(C)C)C(=O)OC(C)(C)C)ncnc32)CC1. The van der Waals surface area contributed by atoms with Gasteiger partial charge < -0.3 is 57.3 Å². The van der Waals surface area contributed by atoms with Gasteiger partial charge in [-0.3, -0.25) is 4.18 Å². The van der Waals surface area contributed by atoms with Crippen LogP contribution in [0.3, 0.4) is 0 Å². The molecule has 7 amide bonds. The highest BCUT2D eigenvalue weighted by atomic mass is 32.2. The fraction of sp³-hybridized carbons (Fsp3) is 0.658. The van der Waals surface area contributed by atoms with Gasteiger partial charge in [-0.25, -0.2) is 72.8 Å². The maximum atomic E-state index is 13.6. The largest absolute Gasteiger partial charge is 0.444 e. The van der Waals surface area contributed by atoms with Crippen LogP contribution in [0.2, 0.25) is 0 Å². The van der Waals surface area contributed by atoms with Crippen molar-refractivity contribution in [2.75, 3.05) is 37.2 Å². The Morgan fingerprint density at radius 1 is 0.383 bits per heavy atom. The molecule has 0 aliphatic heterocycles. The first-order chi connectivity index (χ1) is 54.8. The number of nitrogens with zero attached hydrogens (tertiary/aromatic N) is 15. The van der Waals surface area contributed by atoms with Crippen LogP contribution in [0.25, 0.3) is 22.1 Å². The Labute approximate surface area is 694 Å². The van der Waals surface area contributed by atoms with Crippen molar-refractivity contribution in [2.45, 2.75) is 310 Å². The number of anilines is 2. The van der Waals surface area contributed by atoms with Gasteiger partial charge in [0.2, 0.25) is 11.8 Å². The number of carbonyl (C=O) groups excluding carboxylic acids is 7. The number of ether oxygens (including phenoxy) is 9. The van der Waals surface area contributed by atoms with Crippen LogP contribution in [0.1, 0.15) is 246 Å². The van der Waals surface area contributed by atoms with Crippen LogP contribution in [0, 0.1) is 0 Å². The minimum atomic E-state index is -4.69. The average Bonchev–Trinajstić information content (AvgIpc) is 1.60. The zero-order valence-electron chi connectivity index (χ0n) is 72.7. The number of rotatable bonds is 13. The third-order valence-electron chi connectivity index (χ3n) is 17.8. The van der Waals surface area contributed by atoms with Crippen LogP contribution in [0.15, 0.2) is 49.3 Å². The van der Waals surface area contributed by atoms with Crippen LogP contribution in [0.5, 0.6) is 23.5 Å². The van der Waals surface area contributed by atoms with Gasteiger partial charge in [-0.05, 0) is 235 Å². The first kappa shape index (κ1) is 96.9. The van der Waals surface area contributed by atoms with Gasteiger partial charge in [0.1, 0.15) is 62.6 Å². The minimum Gasteiger partial charge on any atom is -0.444 e. The van der Waals surface area contributed by atoms with Crippen molar-refractivity contribution < 1.29 is 115 Å². The predicted molar refractivity (Wildman–Crippen MR) is 426 cm³/mol. The summed E-state index contributed by atoms with van der Waals surface area (Å²) in [5.74, 6) is -2.19. The number of aromatic nitrogens is 10. The smallest absolute Gasteiger partial charge is 0.425 e. The number of imide groups is 2. The predicted octanol–water partition coefficient (Wildman–Crippen LogP) is 18.3. The van der Waals surface area contributed by atoms with E-state index in [2.05, 4.69) is 40.1 Å². The molecular formula is C79H113F6N15O19S. The highest BCUT2D eigenvalue weighted by molar-refractivity contribution is 7.86. The Kier molecular flexibility index (Phi) is 30.2. The van der Waals surface area contributed by atoms with Crippen LogP contribution in [-0.4, -0.2) is 206 Å². The zero-order valence-corrected chi connectivity index (χ0v) is 73.5. The van der Waals surface area contributed by atoms with E-state index in [0.717, 1.165) is 56.3 Å². The van der Waals surface area contributed by atoms with Crippen molar-refractivity contribution in [1.29, 1.82) is 0 Å². The molecule has 9 rings (SSSR count). The molecule has 41 heteroatoms. The van der Waals surface area contributed by atoms with Crippen molar-refractivity contribution >= 4 is 86.5 Å². The highest BCUT2D eigenvalue weighted by Gasteiger charge is 2.43. The van der Waals surface area contributed by atoms with E-state index in [4.69, 9.17) is 46.8 Å². The molecule has 6 aromatic heterocycles. The Hall–Kier alpha value is -10.2. The van der Waals surface area contributed by atoms with Gasteiger partial charge in [0.25, 0.3) is 21.9 Å². The molecule has 3 fully saturated rings. The number of fused-ring (bicyclic) bond motifs is 2. The molecule has 6 heterocycles. The Bertz CT molecular complexity index is 4420. The van der Waals surface area contributed by atoms with Crippen molar-refractivity contribution in [3.8, 4) is 23.5 Å². The normalized spacial score (nSPS) is 18.4. The first-order valence-electron chi connectivity index (χ1n) is 39.0. The van der Waals surface area contributed by atoms with Crippen molar-refractivity contribution in [1.82, 2.24) is 64.2 Å². The van der Waals surface area contributed by atoms with Gasteiger partial charge in [0, 0.05) is 63.8 Å². The lowest BCUT2D eigenvalue weighted by Gasteiger charge is -2.35. The average molecular weight is 1720 g/mol. The second-order valence-electron chi connectivity index (χ2n) is 36.3. The lowest BCUT2D eigenvalue weighted by atomic mass is 9.90. The number of hydrogen-bond donors (Lipinski definition) is 0. The van der Waals surface area contributed by atoms with Crippen LogP contribution in [-0.2, 0) is 59.8 Å². The van der Waals surface area contributed by atoms with Gasteiger partial charge in [0.15, 0.2) is 22.9 Å². The highest BCUT2D eigenvalue weighted by Crippen LogP contribution is 2.44. The van der Waals surface area contributed by atoms with E-state index in [9.17, 15) is 68.3 Å². The van der Waals surface area contributed by atoms with Crippen molar-refractivity contribution in [3.05, 3.63) is 60.4 Å². The molecule has 0 spiro atoms. The van der Waals surface area contributed by atoms with Crippen molar-refractivity contribution in [3.63, 3.8) is 0 Å². The summed E-state index contributed by atoms with van der Waals surface area (Å²) in [6.07, 6.45) is -3.25. The summed E-state index contributed by atoms with van der Waals surface area (Å²) in [4.78, 5) is 123. The molecule has 0 bridgehead atoms. The minimum absolute atomic E-state index is 0.0728. The molecule has 120 heavy (non-hydrogen) atoms.